The van der Waals surface area contributed by atoms with Crippen LogP contribution in [0.1, 0.15) is 29.6 Å². The van der Waals surface area contributed by atoms with Crippen LogP contribution in [0.15, 0.2) is 30.5 Å². The number of morpholine rings is 1. The average molecular weight is 430 g/mol. The van der Waals surface area contributed by atoms with Crippen molar-refractivity contribution in [3.8, 4) is 0 Å². The number of H-pyrrole nitrogens is 1. The quantitative estimate of drug-likeness (QED) is 0.727. The topological polar surface area (TPSA) is 95.1 Å². The lowest BCUT2D eigenvalue weighted by atomic mass is 9.88. The van der Waals surface area contributed by atoms with Crippen LogP contribution in [0.3, 0.4) is 0 Å². The second-order valence-electron chi connectivity index (χ2n) is 8.67. The summed E-state index contributed by atoms with van der Waals surface area (Å²) in [6.45, 7) is 7.01. The third kappa shape index (κ3) is 5.08. The fourth-order valence-electron chi connectivity index (χ4n) is 4.96. The maximum atomic E-state index is 13.0. The largest absolute Gasteiger partial charge is 0.483 e. The Labute approximate surface area is 182 Å². The summed E-state index contributed by atoms with van der Waals surface area (Å²) in [5.74, 6) is 0.800. The van der Waals surface area contributed by atoms with Gasteiger partial charge in [0.25, 0.3) is 12.4 Å². The van der Waals surface area contributed by atoms with E-state index in [9.17, 15) is 4.79 Å². The van der Waals surface area contributed by atoms with Crippen LogP contribution in [0.4, 0.5) is 0 Å². The molecule has 4 heterocycles. The fraction of sp³-hybridized carbons (Fsp3) is 0.565. The minimum atomic E-state index is -0.250. The second-order valence-corrected chi connectivity index (χ2v) is 8.67. The summed E-state index contributed by atoms with van der Waals surface area (Å²) in [4.78, 5) is 29.1. The molecule has 8 heteroatoms. The Morgan fingerprint density at radius 1 is 1.23 bits per heavy atom. The molecule has 1 aromatic heterocycles. The molecule has 0 radical (unpaired) electrons. The number of amides is 1. The van der Waals surface area contributed by atoms with Crippen LogP contribution in [0.5, 0.6) is 0 Å². The van der Waals surface area contributed by atoms with E-state index in [1.807, 2.05) is 35.4 Å². The van der Waals surface area contributed by atoms with Crippen molar-refractivity contribution >= 4 is 23.3 Å². The summed E-state index contributed by atoms with van der Waals surface area (Å²) in [6, 6.07) is 7.91. The number of likely N-dealkylation sites (tertiary alicyclic amines) is 1. The molecule has 2 aromatic rings. The van der Waals surface area contributed by atoms with E-state index < -0.39 is 0 Å². The van der Waals surface area contributed by atoms with Gasteiger partial charge in [0.05, 0.1) is 18.8 Å². The van der Waals surface area contributed by atoms with Crippen molar-refractivity contribution in [2.24, 2.45) is 5.92 Å². The third-order valence-corrected chi connectivity index (χ3v) is 6.63. The third-order valence-electron chi connectivity index (χ3n) is 6.63. The first-order valence-corrected chi connectivity index (χ1v) is 11.0. The van der Waals surface area contributed by atoms with E-state index >= 15 is 0 Å². The van der Waals surface area contributed by atoms with E-state index in [0.717, 1.165) is 81.9 Å². The first kappa shape index (κ1) is 21.8. The number of rotatable bonds is 3. The number of hydrogen-bond donors (Lipinski definition) is 2. The number of hydrogen-bond acceptors (Lipinski definition) is 5. The van der Waals surface area contributed by atoms with Gasteiger partial charge < -0.3 is 24.5 Å². The number of benzene rings is 1. The zero-order valence-corrected chi connectivity index (χ0v) is 17.8. The first-order valence-electron chi connectivity index (χ1n) is 11.0. The number of carbonyl (C=O) groups is 2. The maximum absolute atomic E-state index is 13.0. The van der Waals surface area contributed by atoms with E-state index in [1.165, 1.54) is 6.42 Å². The Kier molecular flexibility index (Phi) is 6.89. The molecule has 168 valence electrons. The molecule has 1 aromatic carbocycles. The van der Waals surface area contributed by atoms with Gasteiger partial charge in [-0.05, 0) is 49.4 Å². The predicted molar refractivity (Wildman–Crippen MR) is 116 cm³/mol. The molecule has 1 spiro atoms. The van der Waals surface area contributed by atoms with E-state index in [-0.39, 0.29) is 18.0 Å². The predicted octanol–water partition coefficient (Wildman–Crippen LogP) is 2.21. The van der Waals surface area contributed by atoms with Gasteiger partial charge in [-0.15, -0.1) is 0 Å². The lowest BCUT2D eigenvalue weighted by molar-refractivity contribution is -0.134. The molecule has 3 saturated heterocycles. The molecule has 1 amide bonds. The highest BCUT2D eigenvalue weighted by molar-refractivity contribution is 5.98. The molecule has 31 heavy (non-hydrogen) atoms. The van der Waals surface area contributed by atoms with Crippen LogP contribution < -0.4 is 0 Å². The summed E-state index contributed by atoms with van der Waals surface area (Å²) in [6.07, 6.45) is 4.93. The van der Waals surface area contributed by atoms with Gasteiger partial charge in [0.15, 0.2) is 0 Å². The number of ether oxygens (including phenoxy) is 2. The Hall–Kier alpha value is -2.42. The minimum absolute atomic E-state index is 0.0842. The van der Waals surface area contributed by atoms with Gasteiger partial charge in [-0.3, -0.25) is 14.5 Å². The van der Waals surface area contributed by atoms with Gasteiger partial charge in [-0.1, -0.05) is 0 Å². The molecule has 8 nitrogen and oxygen atoms in total. The summed E-state index contributed by atoms with van der Waals surface area (Å²) in [5.41, 5.74) is 1.76. The average Bonchev–Trinajstić information content (AvgIpc) is 3.46. The zero-order chi connectivity index (χ0) is 21.7. The number of aromatic amines is 1. The summed E-state index contributed by atoms with van der Waals surface area (Å²) < 4.78 is 11.8. The molecule has 1 unspecified atom stereocenters. The fourth-order valence-corrected chi connectivity index (χ4v) is 4.96. The van der Waals surface area contributed by atoms with Crippen LogP contribution in [0.25, 0.3) is 10.9 Å². The molecule has 3 aliphatic rings. The van der Waals surface area contributed by atoms with E-state index in [2.05, 4.69) is 9.88 Å². The van der Waals surface area contributed by atoms with E-state index in [1.54, 1.807) is 0 Å². The maximum Gasteiger partial charge on any atom is 0.290 e. The summed E-state index contributed by atoms with van der Waals surface area (Å²) in [7, 11) is 0. The Balaban J connectivity index is 0.000000730. The van der Waals surface area contributed by atoms with Crippen molar-refractivity contribution < 1.29 is 24.2 Å². The van der Waals surface area contributed by atoms with Crippen molar-refractivity contribution in [1.82, 2.24) is 14.8 Å². The molecule has 2 N–H and O–H groups in total. The van der Waals surface area contributed by atoms with Crippen molar-refractivity contribution in [3.63, 3.8) is 0 Å². The minimum Gasteiger partial charge on any atom is -0.483 e. The lowest BCUT2D eigenvalue weighted by Gasteiger charge is -2.47. The van der Waals surface area contributed by atoms with Crippen molar-refractivity contribution in [2.75, 3.05) is 52.5 Å². The number of piperidine rings is 1. The van der Waals surface area contributed by atoms with Crippen LogP contribution >= 0.6 is 0 Å². The van der Waals surface area contributed by atoms with Crippen LogP contribution in [-0.4, -0.2) is 90.4 Å². The Morgan fingerprint density at radius 3 is 2.77 bits per heavy atom. The van der Waals surface area contributed by atoms with Crippen molar-refractivity contribution in [1.29, 1.82) is 0 Å². The molecular formula is C23H31N3O5. The number of nitrogens with one attached hydrogen (secondary N) is 1. The molecule has 1 atom stereocenters. The summed E-state index contributed by atoms with van der Waals surface area (Å²) >= 11 is 0. The van der Waals surface area contributed by atoms with Gasteiger partial charge >= 0.3 is 0 Å². The van der Waals surface area contributed by atoms with Crippen molar-refractivity contribution in [3.05, 3.63) is 36.0 Å². The molecule has 0 aliphatic carbocycles. The number of carboxylic acid groups (broad SMARTS) is 1. The smallest absolute Gasteiger partial charge is 0.290 e. The Morgan fingerprint density at radius 2 is 2.03 bits per heavy atom. The van der Waals surface area contributed by atoms with Gasteiger partial charge in [0.1, 0.15) is 0 Å². The van der Waals surface area contributed by atoms with Gasteiger partial charge in [-0.2, -0.15) is 0 Å². The monoisotopic (exact) mass is 429 g/mol. The van der Waals surface area contributed by atoms with Crippen LogP contribution in [0, 0.1) is 5.92 Å². The highest BCUT2D eigenvalue weighted by atomic mass is 16.5. The van der Waals surface area contributed by atoms with Crippen LogP contribution in [0.2, 0.25) is 0 Å². The molecule has 5 rings (SSSR count). The Bertz CT molecular complexity index is 884. The number of fused-ring (bicyclic) bond motifs is 1. The normalized spacial score (nSPS) is 23.5. The van der Waals surface area contributed by atoms with Gasteiger partial charge in [0.2, 0.25) is 0 Å². The standard InChI is InChI=1S/C22H29N3O3.CH2O2/c26-21(19-1-2-20-18(13-19)3-7-23-20)25-8-5-22(6-9-25)16-24(10-12-28-22)14-17-4-11-27-15-17;2-1-3/h1-3,7,13,17,23H,4-6,8-12,14-16H2;1H,(H,2,3). The van der Waals surface area contributed by atoms with Crippen LogP contribution in [-0.2, 0) is 14.3 Å². The van der Waals surface area contributed by atoms with Crippen molar-refractivity contribution in [2.45, 2.75) is 24.9 Å². The van der Waals surface area contributed by atoms with Gasteiger partial charge in [0, 0.05) is 62.0 Å². The zero-order valence-electron chi connectivity index (χ0n) is 17.8. The number of aromatic nitrogens is 1. The molecular weight excluding hydrogens is 398 g/mol. The highest BCUT2D eigenvalue weighted by Gasteiger charge is 2.41. The van der Waals surface area contributed by atoms with Gasteiger partial charge in [-0.25, -0.2) is 0 Å². The molecule has 0 bridgehead atoms. The molecule has 0 saturated carbocycles. The number of nitrogens with zero attached hydrogens (tertiary/aromatic N) is 2. The van der Waals surface area contributed by atoms with E-state index in [0.29, 0.717) is 5.92 Å². The SMILES string of the molecule is O=C(c1ccc2[nH]ccc2c1)N1CCC2(CC1)CN(CC1CCOC1)CCO2.O=CO. The summed E-state index contributed by atoms with van der Waals surface area (Å²) in [5, 5.41) is 7.97. The van der Waals surface area contributed by atoms with E-state index in [4.69, 9.17) is 19.4 Å². The second kappa shape index (κ2) is 9.80. The highest BCUT2D eigenvalue weighted by Crippen LogP contribution is 2.31. The first-order chi connectivity index (χ1) is 15.1. The lowest BCUT2D eigenvalue weighted by Crippen LogP contribution is -2.58. The molecule has 3 aliphatic heterocycles. The number of carbonyl (C=O) groups excluding carboxylic acids is 1. The molecule has 3 fully saturated rings.